The number of aliphatic carboxylic acids is 1. The summed E-state index contributed by atoms with van der Waals surface area (Å²) in [7, 11) is 0. The molecule has 5 rings (SSSR count). The van der Waals surface area contributed by atoms with Gasteiger partial charge in [-0.25, -0.2) is 0 Å². The van der Waals surface area contributed by atoms with Gasteiger partial charge in [0, 0.05) is 18.0 Å². The number of carboxylic acids is 1. The first-order valence-electron chi connectivity index (χ1n) is 12.6. The fourth-order valence-electron chi connectivity index (χ4n) is 5.90. The lowest BCUT2D eigenvalue weighted by Crippen LogP contribution is -2.46. The van der Waals surface area contributed by atoms with E-state index < -0.39 is 12.1 Å². The van der Waals surface area contributed by atoms with Gasteiger partial charge in [-0.3, -0.25) is 4.79 Å². The maximum Gasteiger partial charge on any atom is 0.307 e. The molecule has 0 bridgehead atoms. The van der Waals surface area contributed by atoms with Crippen LogP contribution < -0.4 is 5.32 Å². The lowest BCUT2D eigenvalue weighted by atomic mass is 9.93. The van der Waals surface area contributed by atoms with Gasteiger partial charge in [-0.15, -0.1) is 0 Å². The van der Waals surface area contributed by atoms with Crippen LogP contribution in [0, 0.1) is 11.8 Å². The Morgan fingerprint density at radius 3 is 2.66 bits per heavy atom. The second kappa shape index (κ2) is 9.38. The van der Waals surface area contributed by atoms with Crippen LogP contribution in [-0.4, -0.2) is 41.0 Å². The summed E-state index contributed by atoms with van der Waals surface area (Å²) >= 11 is 0. The van der Waals surface area contributed by atoms with E-state index in [1.165, 1.54) is 27.5 Å². The molecule has 0 radical (unpaired) electrons. The smallest absolute Gasteiger partial charge is 0.307 e. The number of β-amino-alcohol motifs (C(OH)–C–C–N with tert-alkyl or cyclic N) is 1. The lowest BCUT2D eigenvalue weighted by Gasteiger charge is -2.28. The van der Waals surface area contributed by atoms with Gasteiger partial charge < -0.3 is 20.3 Å². The minimum Gasteiger partial charge on any atom is -0.481 e. The first-order chi connectivity index (χ1) is 16.7. The topological polar surface area (TPSA) is 78.8 Å². The zero-order chi connectivity index (χ0) is 24.7. The minimum atomic E-state index is -0.681. The van der Waals surface area contributed by atoms with E-state index in [-0.39, 0.29) is 36.0 Å². The molecular formula is C30H35NO4. The molecule has 5 heteroatoms. The van der Waals surface area contributed by atoms with E-state index in [0.717, 1.165) is 18.4 Å². The van der Waals surface area contributed by atoms with Crippen LogP contribution in [0.4, 0.5) is 0 Å². The number of hydrogen-bond acceptors (Lipinski definition) is 4. The van der Waals surface area contributed by atoms with Crippen LogP contribution in [-0.2, 0) is 22.4 Å². The Bertz CT molecular complexity index is 1240. The third-order valence-electron chi connectivity index (χ3n) is 7.75. The molecule has 0 aromatic heterocycles. The first kappa shape index (κ1) is 24.0. The fourth-order valence-corrected chi connectivity index (χ4v) is 5.90. The highest BCUT2D eigenvalue weighted by Gasteiger charge is 2.60. The first-order valence-corrected chi connectivity index (χ1v) is 12.6. The lowest BCUT2D eigenvalue weighted by molar-refractivity contribution is -0.139. The number of carboxylic acid groups (broad SMARTS) is 1. The number of aliphatic hydroxyl groups is 1. The molecule has 0 saturated heterocycles. The number of hydrogen-bond donors (Lipinski definition) is 3. The zero-order valence-electron chi connectivity index (χ0n) is 20.7. The zero-order valence-corrected chi connectivity index (χ0v) is 20.7. The molecule has 2 aliphatic rings. The number of fused-ring (bicyclic) bond motifs is 4. The van der Waals surface area contributed by atoms with Crippen molar-refractivity contribution in [1.82, 2.24) is 5.32 Å². The van der Waals surface area contributed by atoms with E-state index in [1.54, 1.807) is 0 Å². The van der Waals surface area contributed by atoms with Gasteiger partial charge in [-0.2, -0.15) is 0 Å². The predicted octanol–water partition coefficient (Wildman–Crippen LogP) is 4.86. The molecule has 1 saturated carbocycles. The van der Waals surface area contributed by atoms with Crippen molar-refractivity contribution >= 4 is 16.7 Å². The quantitative estimate of drug-likeness (QED) is 0.392. The van der Waals surface area contributed by atoms with Gasteiger partial charge in [0.15, 0.2) is 0 Å². The third-order valence-corrected chi connectivity index (χ3v) is 7.75. The molecule has 0 aliphatic heterocycles. The molecule has 1 fully saturated rings. The molecular weight excluding hydrogens is 438 g/mol. The molecule has 35 heavy (non-hydrogen) atoms. The van der Waals surface area contributed by atoms with E-state index in [1.807, 2.05) is 13.0 Å². The second-order valence-corrected chi connectivity index (χ2v) is 10.9. The van der Waals surface area contributed by atoms with Crippen LogP contribution in [0.3, 0.4) is 0 Å². The van der Waals surface area contributed by atoms with E-state index in [4.69, 9.17) is 4.74 Å². The summed E-state index contributed by atoms with van der Waals surface area (Å²) in [5, 5.41) is 26.0. The molecule has 3 N–H and O–H groups in total. The Kier molecular flexibility index (Phi) is 6.43. The molecule has 5 nitrogen and oxygen atoms in total. The highest BCUT2D eigenvalue weighted by molar-refractivity contribution is 5.83. The van der Waals surface area contributed by atoms with Gasteiger partial charge in [0.1, 0.15) is 0 Å². The molecule has 1 unspecified atom stereocenters. The Morgan fingerprint density at radius 1 is 1.11 bits per heavy atom. The summed E-state index contributed by atoms with van der Waals surface area (Å²) in [6.07, 6.45) is 0.909. The molecule has 2 aliphatic carbocycles. The number of benzene rings is 3. The van der Waals surface area contributed by atoms with Gasteiger partial charge in [0.25, 0.3) is 0 Å². The highest BCUT2D eigenvalue weighted by Crippen LogP contribution is 2.62. The molecule has 0 amide bonds. The maximum atomic E-state index is 11.4. The van der Waals surface area contributed by atoms with E-state index in [0.29, 0.717) is 6.54 Å². The van der Waals surface area contributed by atoms with Crippen molar-refractivity contribution in [2.75, 3.05) is 13.2 Å². The van der Waals surface area contributed by atoms with E-state index in [9.17, 15) is 15.0 Å². The number of carbonyl (C=O) groups is 1. The Balaban J connectivity index is 1.12. The molecule has 184 valence electrons. The fraction of sp³-hybridized carbons (Fsp3) is 0.433. The van der Waals surface area contributed by atoms with Crippen LogP contribution in [0.1, 0.15) is 55.0 Å². The number of nitrogens with one attached hydrogen (secondary N) is 1. The van der Waals surface area contributed by atoms with Crippen LogP contribution in [0.2, 0.25) is 0 Å². The van der Waals surface area contributed by atoms with Crippen molar-refractivity contribution in [3.8, 4) is 0 Å². The van der Waals surface area contributed by atoms with Crippen molar-refractivity contribution in [2.24, 2.45) is 11.8 Å². The highest BCUT2D eigenvalue weighted by atomic mass is 16.5. The van der Waals surface area contributed by atoms with Crippen LogP contribution >= 0.6 is 0 Å². The standard InChI is InChI=1S/C30H35NO4/c1-18(23-9-6-10-24-25(23)14-26-27(24)28(26)29(33)34)35-17-22(32)16-31-30(2,3)15-19-11-12-20-7-4-5-8-21(20)13-19/h4-13,18,22,26-28,31-32H,14-17H2,1-3H3,(H,33,34)/t18-,22?,26-,27+,28+/m1/s1. The van der Waals surface area contributed by atoms with E-state index in [2.05, 4.69) is 73.8 Å². The summed E-state index contributed by atoms with van der Waals surface area (Å²) in [6, 6.07) is 21.1. The van der Waals surface area contributed by atoms with Crippen LogP contribution in [0.25, 0.3) is 10.8 Å². The SMILES string of the molecule is C[C@@H](OCC(O)CNC(C)(C)Cc1ccc2ccccc2c1)c1cccc2c1C[C@H]1[C@H](C(=O)O)[C@@H]21. The normalized spacial score (nSPS) is 22.5. The average Bonchev–Trinajstić information content (AvgIpc) is 3.43. The van der Waals surface area contributed by atoms with Crippen LogP contribution in [0.5, 0.6) is 0 Å². The summed E-state index contributed by atoms with van der Waals surface area (Å²) in [5.74, 6) is -0.510. The molecule has 0 spiro atoms. The Labute approximate surface area is 207 Å². The molecule has 3 aromatic carbocycles. The Hall–Kier alpha value is -2.73. The summed E-state index contributed by atoms with van der Waals surface area (Å²) < 4.78 is 6.06. The summed E-state index contributed by atoms with van der Waals surface area (Å²) in [4.78, 5) is 11.4. The van der Waals surface area contributed by atoms with Crippen molar-refractivity contribution in [3.05, 3.63) is 82.9 Å². The van der Waals surface area contributed by atoms with Crippen molar-refractivity contribution in [2.45, 2.75) is 57.3 Å². The molecule has 0 heterocycles. The van der Waals surface area contributed by atoms with Gasteiger partial charge in [-0.1, -0.05) is 60.7 Å². The summed E-state index contributed by atoms with van der Waals surface area (Å²) in [6.45, 7) is 7.01. The number of aliphatic hydroxyl groups excluding tert-OH is 1. The third kappa shape index (κ3) is 4.99. The number of rotatable bonds is 10. The van der Waals surface area contributed by atoms with Gasteiger partial charge in [0.2, 0.25) is 0 Å². The largest absolute Gasteiger partial charge is 0.481 e. The minimum absolute atomic E-state index is 0.147. The monoisotopic (exact) mass is 473 g/mol. The molecule has 3 aromatic rings. The molecule has 5 atom stereocenters. The van der Waals surface area contributed by atoms with Gasteiger partial charge >= 0.3 is 5.97 Å². The van der Waals surface area contributed by atoms with Gasteiger partial charge in [0.05, 0.1) is 24.7 Å². The van der Waals surface area contributed by atoms with Crippen molar-refractivity contribution < 1.29 is 19.7 Å². The predicted molar refractivity (Wildman–Crippen MR) is 138 cm³/mol. The average molecular weight is 474 g/mol. The van der Waals surface area contributed by atoms with Crippen LogP contribution in [0.15, 0.2) is 60.7 Å². The van der Waals surface area contributed by atoms with Gasteiger partial charge in [-0.05, 0) is 72.6 Å². The Morgan fingerprint density at radius 2 is 1.89 bits per heavy atom. The van der Waals surface area contributed by atoms with Crippen molar-refractivity contribution in [3.63, 3.8) is 0 Å². The number of ether oxygens (including phenoxy) is 1. The van der Waals surface area contributed by atoms with E-state index >= 15 is 0 Å². The second-order valence-electron chi connectivity index (χ2n) is 10.9. The maximum absolute atomic E-state index is 11.4. The van der Waals surface area contributed by atoms with Crippen molar-refractivity contribution in [1.29, 1.82) is 0 Å². The summed E-state index contributed by atoms with van der Waals surface area (Å²) in [5.41, 5.74) is 4.64.